The van der Waals surface area contributed by atoms with Crippen LogP contribution in [0, 0.1) is 6.92 Å². The van der Waals surface area contributed by atoms with Gasteiger partial charge in [-0.05, 0) is 32.9 Å². The monoisotopic (exact) mass is 261 g/mol. The normalized spacial score (nSPS) is 16.9. The molecule has 1 aliphatic rings. The van der Waals surface area contributed by atoms with Crippen LogP contribution >= 0.6 is 0 Å². The van der Waals surface area contributed by atoms with Gasteiger partial charge in [-0.15, -0.1) is 0 Å². The van der Waals surface area contributed by atoms with Crippen molar-refractivity contribution in [1.82, 2.24) is 25.0 Å². The largest absolute Gasteiger partial charge is 0.339 e. The van der Waals surface area contributed by atoms with Gasteiger partial charge in [0.05, 0.1) is 6.33 Å². The number of aromatic nitrogens is 4. The molecule has 3 heterocycles. The molecule has 1 saturated heterocycles. The first-order valence-corrected chi connectivity index (χ1v) is 6.83. The Balaban J connectivity index is 1.66. The third-order valence-electron chi connectivity index (χ3n) is 3.64. The molecule has 2 aromatic heterocycles. The zero-order valence-electron chi connectivity index (χ0n) is 11.2. The van der Waals surface area contributed by atoms with Crippen molar-refractivity contribution in [3.63, 3.8) is 0 Å². The van der Waals surface area contributed by atoms with Crippen LogP contribution in [0.2, 0.25) is 0 Å². The van der Waals surface area contributed by atoms with Crippen molar-refractivity contribution in [2.75, 3.05) is 13.1 Å². The summed E-state index contributed by atoms with van der Waals surface area (Å²) in [6.45, 7) is 4.88. The number of rotatable bonds is 4. The predicted molar refractivity (Wildman–Crippen MR) is 69.8 cm³/mol. The van der Waals surface area contributed by atoms with Crippen molar-refractivity contribution in [2.24, 2.45) is 0 Å². The molecular weight excluding hydrogens is 242 g/mol. The average molecular weight is 261 g/mol. The highest BCUT2D eigenvalue weighted by atomic mass is 16.5. The van der Waals surface area contributed by atoms with Gasteiger partial charge in [-0.25, -0.2) is 4.98 Å². The maximum atomic E-state index is 5.14. The minimum atomic E-state index is 0.619. The molecule has 6 nitrogen and oxygen atoms in total. The summed E-state index contributed by atoms with van der Waals surface area (Å²) < 4.78 is 7.36. The van der Waals surface area contributed by atoms with Crippen molar-refractivity contribution in [3.05, 3.63) is 29.9 Å². The lowest BCUT2D eigenvalue weighted by molar-refractivity contribution is 0.365. The fourth-order valence-corrected chi connectivity index (χ4v) is 2.63. The van der Waals surface area contributed by atoms with Crippen LogP contribution in [-0.4, -0.2) is 32.8 Å². The number of imidazole rings is 1. The fourth-order valence-electron chi connectivity index (χ4n) is 2.63. The standard InChI is InChI=1S/C13H19N5O/c1-10-16-13(19-17-10)4-7-18-9-15-8-12(18)11-2-5-14-6-3-11/h8-9,11,14H,2-7H2,1H3. The van der Waals surface area contributed by atoms with Gasteiger partial charge in [0.2, 0.25) is 5.89 Å². The van der Waals surface area contributed by atoms with Crippen LogP contribution in [0.1, 0.15) is 36.2 Å². The SMILES string of the molecule is Cc1noc(CCn2cncc2C2CCNCC2)n1. The highest BCUT2D eigenvalue weighted by molar-refractivity contribution is 5.08. The van der Waals surface area contributed by atoms with E-state index >= 15 is 0 Å². The molecule has 102 valence electrons. The molecule has 0 radical (unpaired) electrons. The van der Waals surface area contributed by atoms with Crippen molar-refractivity contribution < 1.29 is 4.52 Å². The Kier molecular flexibility index (Phi) is 3.59. The lowest BCUT2D eigenvalue weighted by Crippen LogP contribution is -2.27. The quantitative estimate of drug-likeness (QED) is 0.898. The first kappa shape index (κ1) is 12.3. The number of hydrogen-bond donors (Lipinski definition) is 1. The van der Waals surface area contributed by atoms with Gasteiger partial charge in [0, 0.05) is 30.8 Å². The second-order valence-corrected chi connectivity index (χ2v) is 5.02. The van der Waals surface area contributed by atoms with Gasteiger partial charge in [0.25, 0.3) is 0 Å². The third kappa shape index (κ3) is 2.84. The van der Waals surface area contributed by atoms with Gasteiger partial charge in [0.15, 0.2) is 5.82 Å². The Labute approximate surface area is 112 Å². The zero-order valence-corrected chi connectivity index (χ0v) is 11.2. The summed E-state index contributed by atoms with van der Waals surface area (Å²) in [5.74, 6) is 2.01. The second-order valence-electron chi connectivity index (χ2n) is 5.02. The Morgan fingerprint density at radius 2 is 2.26 bits per heavy atom. The van der Waals surface area contributed by atoms with Crippen LogP contribution in [0.5, 0.6) is 0 Å². The molecule has 0 atom stereocenters. The Morgan fingerprint density at radius 3 is 3.00 bits per heavy atom. The number of nitrogens with zero attached hydrogens (tertiary/aromatic N) is 4. The molecule has 19 heavy (non-hydrogen) atoms. The van der Waals surface area contributed by atoms with Gasteiger partial charge < -0.3 is 14.4 Å². The lowest BCUT2D eigenvalue weighted by atomic mass is 9.95. The van der Waals surface area contributed by atoms with E-state index < -0.39 is 0 Å². The smallest absolute Gasteiger partial charge is 0.228 e. The van der Waals surface area contributed by atoms with Gasteiger partial charge >= 0.3 is 0 Å². The summed E-state index contributed by atoms with van der Waals surface area (Å²) in [7, 11) is 0. The molecule has 1 fully saturated rings. The molecule has 0 aromatic carbocycles. The zero-order chi connectivity index (χ0) is 13.1. The van der Waals surface area contributed by atoms with Gasteiger partial charge in [-0.3, -0.25) is 0 Å². The van der Waals surface area contributed by atoms with Crippen molar-refractivity contribution in [1.29, 1.82) is 0 Å². The van der Waals surface area contributed by atoms with E-state index in [1.807, 2.05) is 19.4 Å². The van der Waals surface area contributed by atoms with Crippen LogP contribution in [-0.2, 0) is 13.0 Å². The fraction of sp³-hybridized carbons (Fsp3) is 0.615. The van der Waals surface area contributed by atoms with Crippen LogP contribution in [0.3, 0.4) is 0 Å². The van der Waals surface area contributed by atoms with E-state index in [1.165, 1.54) is 18.5 Å². The van der Waals surface area contributed by atoms with E-state index in [0.29, 0.717) is 17.6 Å². The number of aryl methyl sites for hydroxylation is 3. The summed E-state index contributed by atoms with van der Waals surface area (Å²) in [6.07, 6.45) is 7.03. The molecule has 0 spiro atoms. The van der Waals surface area contributed by atoms with Crippen molar-refractivity contribution in [3.8, 4) is 0 Å². The molecule has 0 bridgehead atoms. The van der Waals surface area contributed by atoms with Crippen LogP contribution in [0.4, 0.5) is 0 Å². The van der Waals surface area contributed by atoms with Gasteiger partial charge in [-0.1, -0.05) is 5.16 Å². The first-order chi connectivity index (χ1) is 9.33. The summed E-state index contributed by atoms with van der Waals surface area (Å²) in [4.78, 5) is 8.52. The predicted octanol–water partition coefficient (Wildman–Crippen LogP) is 1.28. The number of nitrogens with one attached hydrogen (secondary N) is 1. The summed E-state index contributed by atoms with van der Waals surface area (Å²) in [6, 6.07) is 0. The van der Waals surface area contributed by atoms with E-state index in [0.717, 1.165) is 26.1 Å². The molecule has 0 amide bonds. The molecule has 0 unspecified atom stereocenters. The van der Waals surface area contributed by atoms with Crippen molar-refractivity contribution in [2.45, 2.75) is 38.6 Å². The second kappa shape index (κ2) is 5.52. The first-order valence-electron chi connectivity index (χ1n) is 6.83. The minimum absolute atomic E-state index is 0.619. The highest BCUT2D eigenvalue weighted by Gasteiger charge is 2.18. The third-order valence-corrected chi connectivity index (χ3v) is 3.64. The molecule has 6 heteroatoms. The number of hydrogen-bond acceptors (Lipinski definition) is 5. The maximum Gasteiger partial charge on any atom is 0.228 e. The lowest BCUT2D eigenvalue weighted by Gasteiger charge is -2.23. The molecular formula is C13H19N5O. The van der Waals surface area contributed by atoms with E-state index in [-0.39, 0.29) is 0 Å². The summed E-state index contributed by atoms with van der Waals surface area (Å²) in [5, 5.41) is 7.20. The molecule has 3 rings (SSSR count). The van der Waals surface area contributed by atoms with Gasteiger partial charge in [-0.2, -0.15) is 4.98 Å². The maximum absolute atomic E-state index is 5.14. The molecule has 0 aliphatic carbocycles. The van der Waals surface area contributed by atoms with Crippen LogP contribution in [0.15, 0.2) is 17.0 Å². The van der Waals surface area contributed by atoms with E-state index in [4.69, 9.17) is 4.52 Å². The van der Waals surface area contributed by atoms with Crippen molar-refractivity contribution >= 4 is 0 Å². The molecule has 2 aromatic rings. The highest BCUT2D eigenvalue weighted by Crippen LogP contribution is 2.24. The van der Waals surface area contributed by atoms with E-state index in [2.05, 4.69) is 25.0 Å². The Bertz CT molecular complexity index is 527. The number of piperidine rings is 1. The summed E-state index contributed by atoms with van der Waals surface area (Å²) in [5.41, 5.74) is 1.33. The molecule has 1 N–H and O–H groups in total. The minimum Gasteiger partial charge on any atom is -0.339 e. The Morgan fingerprint density at radius 1 is 1.42 bits per heavy atom. The van der Waals surface area contributed by atoms with Crippen LogP contribution < -0.4 is 5.32 Å². The molecule has 0 saturated carbocycles. The van der Waals surface area contributed by atoms with E-state index in [9.17, 15) is 0 Å². The average Bonchev–Trinajstić information content (AvgIpc) is 3.06. The van der Waals surface area contributed by atoms with Gasteiger partial charge in [0.1, 0.15) is 0 Å². The summed E-state index contributed by atoms with van der Waals surface area (Å²) >= 11 is 0. The van der Waals surface area contributed by atoms with Crippen LogP contribution in [0.25, 0.3) is 0 Å². The molecule has 1 aliphatic heterocycles. The Hall–Kier alpha value is -1.69. The topological polar surface area (TPSA) is 68.8 Å². The van der Waals surface area contributed by atoms with E-state index in [1.54, 1.807) is 0 Å².